The van der Waals surface area contributed by atoms with Crippen molar-refractivity contribution in [1.82, 2.24) is 4.90 Å². The Bertz CT molecular complexity index is 468. The molecule has 4 nitrogen and oxygen atoms in total. The van der Waals surface area contributed by atoms with E-state index in [4.69, 9.17) is 0 Å². The third-order valence-electron chi connectivity index (χ3n) is 3.23. The van der Waals surface area contributed by atoms with Crippen LogP contribution in [0.2, 0.25) is 0 Å². The Labute approximate surface area is 114 Å². The van der Waals surface area contributed by atoms with Crippen molar-refractivity contribution in [2.24, 2.45) is 5.92 Å². The zero-order valence-corrected chi connectivity index (χ0v) is 11.9. The Morgan fingerprint density at radius 2 is 1.84 bits per heavy atom. The third-order valence-corrected chi connectivity index (χ3v) is 3.23. The molecule has 0 saturated heterocycles. The molecule has 1 atom stereocenters. The average Bonchev–Trinajstić information content (AvgIpc) is 2.29. The summed E-state index contributed by atoms with van der Waals surface area (Å²) in [5.41, 5.74) is 2.03. The van der Waals surface area contributed by atoms with E-state index in [9.17, 15) is 14.7 Å². The van der Waals surface area contributed by atoms with Crippen molar-refractivity contribution in [3.05, 3.63) is 35.4 Å². The van der Waals surface area contributed by atoms with Crippen LogP contribution < -0.4 is 0 Å². The van der Waals surface area contributed by atoms with Gasteiger partial charge in [0.25, 0.3) is 0 Å². The Balaban J connectivity index is 3.05. The molecular weight excluding hydrogens is 242 g/mol. The second-order valence-corrected chi connectivity index (χ2v) is 5.10. The van der Waals surface area contributed by atoms with E-state index in [2.05, 4.69) is 0 Å². The van der Waals surface area contributed by atoms with Crippen molar-refractivity contribution in [2.75, 3.05) is 0 Å². The highest BCUT2D eigenvalue weighted by atomic mass is 16.4. The van der Waals surface area contributed by atoms with E-state index in [-0.39, 0.29) is 11.8 Å². The van der Waals surface area contributed by atoms with Crippen LogP contribution in [0.15, 0.2) is 24.3 Å². The minimum Gasteiger partial charge on any atom is -0.480 e. The Morgan fingerprint density at radius 3 is 2.26 bits per heavy atom. The summed E-state index contributed by atoms with van der Waals surface area (Å²) < 4.78 is 0. The van der Waals surface area contributed by atoms with E-state index in [0.717, 1.165) is 11.1 Å². The molecule has 0 aliphatic heterocycles. The van der Waals surface area contributed by atoms with Gasteiger partial charge in [0.15, 0.2) is 0 Å². The van der Waals surface area contributed by atoms with Gasteiger partial charge in [-0.15, -0.1) is 0 Å². The fourth-order valence-corrected chi connectivity index (χ4v) is 2.15. The predicted molar refractivity (Wildman–Crippen MR) is 73.7 cm³/mol. The van der Waals surface area contributed by atoms with Crippen molar-refractivity contribution in [1.29, 1.82) is 0 Å². The van der Waals surface area contributed by atoms with Gasteiger partial charge in [-0.2, -0.15) is 0 Å². The van der Waals surface area contributed by atoms with Gasteiger partial charge >= 0.3 is 5.97 Å². The Kier molecular flexibility index (Phi) is 5.10. The maximum Gasteiger partial charge on any atom is 0.326 e. The molecule has 0 spiro atoms. The maximum absolute atomic E-state index is 11.8. The molecule has 1 amide bonds. The second-order valence-electron chi connectivity index (χ2n) is 5.10. The molecule has 0 bridgehead atoms. The highest BCUT2D eigenvalue weighted by Gasteiger charge is 2.30. The highest BCUT2D eigenvalue weighted by Crippen LogP contribution is 2.17. The van der Waals surface area contributed by atoms with E-state index >= 15 is 0 Å². The first kappa shape index (κ1) is 15.2. The maximum atomic E-state index is 11.8. The van der Waals surface area contributed by atoms with Crippen LogP contribution in [0.1, 0.15) is 31.9 Å². The van der Waals surface area contributed by atoms with Crippen LogP contribution in [0.5, 0.6) is 0 Å². The Morgan fingerprint density at radius 1 is 1.26 bits per heavy atom. The van der Waals surface area contributed by atoms with E-state index in [0.29, 0.717) is 6.54 Å². The molecule has 1 aromatic rings. The Hall–Kier alpha value is -1.84. The second kappa shape index (κ2) is 6.36. The standard InChI is InChI=1S/C15H21NO3/c1-10(2)14(15(18)19)16(12(4)17)9-13-8-6-5-7-11(13)3/h5-8,10,14H,9H2,1-4H3,(H,18,19). The number of aliphatic carboxylic acids is 1. The van der Waals surface area contributed by atoms with Crippen LogP contribution in [0.3, 0.4) is 0 Å². The lowest BCUT2D eigenvalue weighted by atomic mass is 10.0. The van der Waals surface area contributed by atoms with Crippen molar-refractivity contribution < 1.29 is 14.7 Å². The molecule has 0 saturated carbocycles. The summed E-state index contributed by atoms with van der Waals surface area (Å²) in [5.74, 6) is -1.31. The van der Waals surface area contributed by atoms with Gasteiger partial charge in [0, 0.05) is 13.5 Å². The van der Waals surface area contributed by atoms with Crippen LogP contribution in [0, 0.1) is 12.8 Å². The summed E-state index contributed by atoms with van der Waals surface area (Å²) in [5, 5.41) is 9.32. The topological polar surface area (TPSA) is 57.6 Å². The number of nitrogens with zero attached hydrogens (tertiary/aromatic N) is 1. The zero-order chi connectivity index (χ0) is 14.6. The quantitative estimate of drug-likeness (QED) is 0.887. The first-order valence-electron chi connectivity index (χ1n) is 6.39. The van der Waals surface area contributed by atoms with Gasteiger partial charge in [-0.3, -0.25) is 4.79 Å². The smallest absolute Gasteiger partial charge is 0.326 e. The number of carbonyl (C=O) groups excluding carboxylic acids is 1. The van der Waals surface area contributed by atoms with E-state index in [1.54, 1.807) is 0 Å². The summed E-state index contributed by atoms with van der Waals surface area (Å²) in [4.78, 5) is 24.6. The van der Waals surface area contributed by atoms with Gasteiger partial charge in [-0.25, -0.2) is 4.79 Å². The molecule has 0 heterocycles. The SMILES string of the molecule is CC(=O)N(Cc1ccccc1C)C(C(=O)O)C(C)C. The van der Waals surface area contributed by atoms with Gasteiger partial charge in [0.2, 0.25) is 5.91 Å². The van der Waals surface area contributed by atoms with Crippen LogP contribution in [-0.4, -0.2) is 27.9 Å². The molecule has 0 aliphatic carbocycles. The van der Waals surface area contributed by atoms with Crippen molar-refractivity contribution >= 4 is 11.9 Å². The van der Waals surface area contributed by atoms with Gasteiger partial charge < -0.3 is 10.0 Å². The first-order valence-corrected chi connectivity index (χ1v) is 6.39. The minimum atomic E-state index is -0.959. The van der Waals surface area contributed by atoms with Crippen LogP contribution in [0.25, 0.3) is 0 Å². The molecule has 0 aliphatic rings. The summed E-state index contributed by atoms with van der Waals surface area (Å²) in [7, 11) is 0. The van der Waals surface area contributed by atoms with E-state index < -0.39 is 12.0 Å². The van der Waals surface area contributed by atoms with Gasteiger partial charge in [-0.1, -0.05) is 38.1 Å². The number of benzene rings is 1. The van der Waals surface area contributed by atoms with Crippen molar-refractivity contribution in [2.45, 2.75) is 40.3 Å². The normalized spacial score (nSPS) is 12.3. The van der Waals surface area contributed by atoms with Gasteiger partial charge in [-0.05, 0) is 24.0 Å². The van der Waals surface area contributed by atoms with Gasteiger partial charge in [0.05, 0.1) is 0 Å². The third kappa shape index (κ3) is 3.81. The average molecular weight is 263 g/mol. The molecule has 1 unspecified atom stereocenters. The molecule has 104 valence electrons. The number of carboxylic acid groups (broad SMARTS) is 1. The lowest BCUT2D eigenvalue weighted by Gasteiger charge is -2.31. The van der Waals surface area contributed by atoms with Crippen LogP contribution in [0.4, 0.5) is 0 Å². The molecule has 0 fully saturated rings. The lowest BCUT2D eigenvalue weighted by Crippen LogP contribution is -2.46. The molecule has 0 aromatic heterocycles. The first-order chi connectivity index (χ1) is 8.84. The number of hydrogen-bond donors (Lipinski definition) is 1. The summed E-state index contributed by atoms with van der Waals surface area (Å²) >= 11 is 0. The molecule has 4 heteroatoms. The molecule has 0 radical (unpaired) electrons. The molecular formula is C15H21NO3. The van der Waals surface area contributed by atoms with E-state index in [1.165, 1.54) is 11.8 Å². The number of hydrogen-bond acceptors (Lipinski definition) is 2. The number of carboxylic acids is 1. The summed E-state index contributed by atoms with van der Waals surface area (Å²) in [6, 6.07) is 6.90. The molecule has 19 heavy (non-hydrogen) atoms. The van der Waals surface area contributed by atoms with Gasteiger partial charge in [0.1, 0.15) is 6.04 Å². The molecule has 1 aromatic carbocycles. The summed E-state index contributed by atoms with van der Waals surface area (Å²) in [6.07, 6.45) is 0. The number of amides is 1. The minimum absolute atomic E-state index is 0.134. The molecule has 1 N–H and O–H groups in total. The van der Waals surface area contributed by atoms with Crippen LogP contribution in [-0.2, 0) is 16.1 Å². The fraction of sp³-hybridized carbons (Fsp3) is 0.467. The monoisotopic (exact) mass is 263 g/mol. The van der Waals surface area contributed by atoms with E-state index in [1.807, 2.05) is 45.0 Å². The summed E-state index contributed by atoms with van der Waals surface area (Å²) in [6.45, 7) is 7.33. The lowest BCUT2D eigenvalue weighted by molar-refractivity contribution is -0.152. The zero-order valence-electron chi connectivity index (χ0n) is 11.9. The number of rotatable bonds is 5. The predicted octanol–water partition coefficient (Wildman–Crippen LogP) is 2.45. The van der Waals surface area contributed by atoms with Crippen molar-refractivity contribution in [3.63, 3.8) is 0 Å². The van der Waals surface area contributed by atoms with Crippen molar-refractivity contribution in [3.8, 4) is 0 Å². The molecule has 1 rings (SSSR count). The number of carbonyl (C=O) groups is 2. The number of aryl methyl sites for hydroxylation is 1. The fourth-order valence-electron chi connectivity index (χ4n) is 2.15. The highest BCUT2D eigenvalue weighted by molar-refractivity contribution is 5.82. The van der Waals surface area contributed by atoms with Crippen LogP contribution >= 0.6 is 0 Å². The largest absolute Gasteiger partial charge is 0.480 e.